The number of aromatic nitrogens is 2. The second-order valence-electron chi connectivity index (χ2n) is 5.37. The van der Waals surface area contributed by atoms with E-state index >= 15 is 0 Å². The van der Waals surface area contributed by atoms with Crippen molar-refractivity contribution in [1.82, 2.24) is 9.97 Å². The van der Waals surface area contributed by atoms with Crippen molar-refractivity contribution in [3.8, 4) is 11.3 Å². The van der Waals surface area contributed by atoms with E-state index in [-0.39, 0.29) is 0 Å². The molecular formula is C19H14ClN3S. The van der Waals surface area contributed by atoms with Crippen LogP contribution >= 0.6 is 23.4 Å². The van der Waals surface area contributed by atoms with Crippen molar-refractivity contribution in [2.75, 3.05) is 5.73 Å². The number of aromatic amines is 1. The molecular weight excluding hydrogens is 338 g/mol. The Morgan fingerprint density at radius 1 is 0.958 bits per heavy atom. The smallest absolute Gasteiger partial charge is 0.138 e. The standard InChI is InChI=1S/C19H14ClN3S/c20-12-7-9-13(10-8-12)24-18-15-5-3-11-22-19(15)23-17(18)14-4-1-2-6-16(14)21/h1-11H,21H2,(H,22,23). The third kappa shape index (κ3) is 2.75. The van der Waals surface area contributed by atoms with Gasteiger partial charge in [0.25, 0.3) is 0 Å². The van der Waals surface area contributed by atoms with E-state index in [4.69, 9.17) is 17.3 Å². The monoisotopic (exact) mass is 351 g/mol. The van der Waals surface area contributed by atoms with Crippen molar-refractivity contribution < 1.29 is 0 Å². The molecule has 24 heavy (non-hydrogen) atoms. The molecule has 0 unspecified atom stereocenters. The summed E-state index contributed by atoms with van der Waals surface area (Å²) < 4.78 is 0. The molecule has 0 radical (unpaired) electrons. The highest BCUT2D eigenvalue weighted by molar-refractivity contribution is 7.99. The summed E-state index contributed by atoms with van der Waals surface area (Å²) in [5.41, 5.74) is 9.75. The summed E-state index contributed by atoms with van der Waals surface area (Å²) in [5, 5.41) is 1.81. The molecule has 2 heterocycles. The van der Waals surface area contributed by atoms with Crippen LogP contribution in [0.25, 0.3) is 22.3 Å². The van der Waals surface area contributed by atoms with E-state index in [1.54, 1.807) is 18.0 Å². The molecule has 0 fully saturated rings. The number of nitrogens with one attached hydrogen (secondary N) is 1. The Morgan fingerprint density at radius 2 is 1.75 bits per heavy atom. The van der Waals surface area contributed by atoms with Crippen molar-refractivity contribution in [3.05, 3.63) is 71.9 Å². The van der Waals surface area contributed by atoms with Crippen LogP contribution in [0.3, 0.4) is 0 Å². The lowest BCUT2D eigenvalue weighted by atomic mass is 10.1. The van der Waals surface area contributed by atoms with Crippen LogP contribution in [0.2, 0.25) is 5.02 Å². The molecule has 0 aliphatic rings. The number of nitrogen functional groups attached to an aromatic ring is 1. The van der Waals surface area contributed by atoms with Crippen molar-refractivity contribution in [1.29, 1.82) is 0 Å². The van der Waals surface area contributed by atoms with Gasteiger partial charge in [0.15, 0.2) is 0 Å². The Hall–Kier alpha value is -2.43. The van der Waals surface area contributed by atoms with Crippen LogP contribution in [-0.4, -0.2) is 9.97 Å². The molecule has 0 aliphatic heterocycles. The van der Waals surface area contributed by atoms with Gasteiger partial charge in [0.1, 0.15) is 5.65 Å². The minimum absolute atomic E-state index is 0.729. The Balaban J connectivity index is 1.90. The normalized spacial score (nSPS) is 11.0. The maximum atomic E-state index is 6.19. The number of pyridine rings is 1. The van der Waals surface area contributed by atoms with E-state index in [1.165, 1.54) is 0 Å². The van der Waals surface area contributed by atoms with E-state index in [2.05, 4.69) is 16.0 Å². The van der Waals surface area contributed by atoms with Crippen molar-refractivity contribution in [3.63, 3.8) is 0 Å². The zero-order chi connectivity index (χ0) is 16.5. The molecule has 3 N–H and O–H groups in total. The highest BCUT2D eigenvalue weighted by Gasteiger charge is 2.16. The maximum absolute atomic E-state index is 6.19. The second-order valence-corrected chi connectivity index (χ2v) is 6.89. The number of fused-ring (bicyclic) bond motifs is 1. The molecule has 0 saturated carbocycles. The molecule has 4 aromatic rings. The van der Waals surface area contributed by atoms with Gasteiger partial charge in [-0.25, -0.2) is 4.98 Å². The minimum Gasteiger partial charge on any atom is -0.398 e. The van der Waals surface area contributed by atoms with Gasteiger partial charge in [0, 0.05) is 37.6 Å². The summed E-state index contributed by atoms with van der Waals surface area (Å²) in [6, 6.07) is 19.7. The van der Waals surface area contributed by atoms with E-state index in [0.717, 1.165) is 42.8 Å². The molecule has 0 atom stereocenters. The molecule has 0 bridgehead atoms. The van der Waals surface area contributed by atoms with Gasteiger partial charge >= 0.3 is 0 Å². The number of H-pyrrole nitrogens is 1. The molecule has 2 aromatic heterocycles. The molecule has 0 saturated heterocycles. The van der Waals surface area contributed by atoms with Crippen LogP contribution in [0.4, 0.5) is 5.69 Å². The third-order valence-electron chi connectivity index (χ3n) is 3.79. The first-order chi connectivity index (χ1) is 11.7. The van der Waals surface area contributed by atoms with Gasteiger partial charge in [-0.3, -0.25) is 0 Å². The topological polar surface area (TPSA) is 54.7 Å². The van der Waals surface area contributed by atoms with Crippen LogP contribution in [0.5, 0.6) is 0 Å². The first-order valence-corrected chi connectivity index (χ1v) is 8.67. The number of nitrogens with two attached hydrogens (primary N) is 1. The van der Waals surface area contributed by atoms with Crippen molar-refractivity contribution in [2.45, 2.75) is 9.79 Å². The summed E-state index contributed by atoms with van der Waals surface area (Å²) in [4.78, 5) is 10.1. The molecule has 5 heteroatoms. The quantitative estimate of drug-likeness (QED) is 0.471. The van der Waals surface area contributed by atoms with Crippen molar-refractivity contribution in [2.24, 2.45) is 0 Å². The average molecular weight is 352 g/mol. The van der Waals surface area contributed by atoms with Gasteiger partial charge in [-0.1, -0.05) is 41.6 Å². The van der Waals surface area contributed by atoms with Crippen LogP contribution in [0.1, 0.15) is 0 Å². The minimum atomic E-state index is 0.729. The lowest BCUT2D eigenvalue weighted by Gasteiger charge is -2.07. The van der Waals surface area contributed by atoms with Crippen LogP contribution in [0.15, 0.2) is 76.7 Å². The first-order valence-electron chi connectivity index (χ1n) is 7.47. The van der Waals surface area contributed by atoms with E-state index in [0.29, 0.717) is 0 Å². The molecule has 118 valence electrons. The predicted octanol–water partition coefficient (Wildman–Crippen LogP) is 5.62. The van der Waals surface area contributed by atoms with Crippen LogP contribution in [0, 0.1) is 0 Å². The molecule has 4 rings (SSSR count). The first kappa shape index (κ1) is 15.1. The SMILES string of the molecule is Nc1ccccc1-c1[nH]c2ncccc2c1Sc1ccc(Cl)cc1. The zero-order valence-corrected chi connectivity index (χ0v) is 14.2. The number of halogens is 1. The van der Waals surface area contributed by atoms with E-state index in [9.17, 15) is 0 Å². The van der Waals surface area contributed by atoms with Gasteiger partial charge < -0.3 is 10.7 Å². The Labute approximate surface area is 148 Å². The molecule has 0 aliphatic carbocycles. The highest BCUT2D eigenvalue weighted by Crippen LogP contribution is 2.42. The Kier molecular flexibility index (Phi) is 3.92. The summed E-state index contributed by atoms with van der Waals surface area (Å²) in [7, 11) is 0. The third-order valence-corrected chi connectivity index (χ3v) is 5.17. The summed E-state index contributed by atoms with van der Waals surface area (Å²) in [5.74, 6) is 0. The lowest BCUT2D eigenvalue weighted by molar-refractivity contribution is 1.32. The zero-order valence-electron chi connectivity index (χ0n) is 12.7. The van der Waals surface area contributed by atoms with E-state index in [1.807, 2.05) is 54.6 Å². The number of rotatable bonds is 3. The Morgan fingerprint density at radius 3 is 2.54 bits per heavy atom. The number of anilines is 1. The number of nitrogens with zero attached hydrogens (tertiary/aromatic N) is 1. The van der Waals surface area contributed by atoms with Gasteiger partial charge in [-0.15, -0.1) is 0 Å². The highest BCUT2D eigenvalue weighted by atomic mass is 35.5. The fourth-order valence-corrected chi connectivity index (χ4v) is 3.81. The van der Waals surface area contributed by atoms with Crippen LogP contribution < -0.4 is 5.73 Å². The Bertz CT molecular complexity index is 1010. The number of benzene rings is 2. The number of hydrogen-bond donors (Lipinski definition) is 2. The van der Waals surface area contributed by atoms with Gasteiger partial charge in [0.05, 0.1) is 5.69 Å². The maximum Gasteiger partial charge on any atom is 0.138 e. The molecule has 2 aromatic carbocycles. The predicted molar refractivity (Wildman–Crippen MR) is 102 cm³/mol. The second kappa shape index (κ2) is 6.23. The largest absolute Gasteiger partial charge is 0.398 e. The fraction of sp³-hybridized carbons (Fsp3) is 0. The van der Waals surface area contributed by atoms with Gasteiger partial charge in [-0.2, -0.15) is 0 Å². The lowest BCUT2D eigenvalue weighted by Crippen LogP contribution is -1.90. The molecule has 0 spiro atoms. The van der Waals surface area contributed by atoms with Crippen LogP contribution in [-0.2, 0) is 0 Å². The summed E-state index contributed by atoms with van der Waals surface area (Å²) >= 11 is 7.67. The van der Waals surface area contributed by atoms with Gasteiger partial charge in [0.2, 0.25) is 0 Å². The molecule has 0 amide bonds. The summed E-state index contributed by atoms with van der Waals surface area (Å²) in [6.45, 7) is 0. The number of hydrogen-bond acceptors (Lipinski definition) is 3. The van der Waals surface area contributed by atoms with Gasteiger partial charge in [-0.05, 0) is 42.5 Å². The van der Waals surface area contributed by atoms with E-state index < -0.39 is 0 Å². The van der Waals surface area contributed by atoms with Crippen molar-refractivity contribution >= 4 is 40.1 Å². The summed E-state index contributed by atoms with van der Waals surface area (Å²) in [6.07, 6.45) is 1.79. The molecule has 3 nitrogen and oxygen atoms in total. The number of para-hydroxylation sites is 1. The fourth-order valence-electron chi connectivity index (χ4n) is 2.64. The average Bonchev–Trinajstić information content (AvgIpc) is 2.96.